The average molecular weight is 519 g/mol. The second kappa shape index (κ2) is 9.90. The molecule has 33 heavy (non-hydrogen) atoms. The molecule has 0 bridgehead atoms. The molecule has 0 unspecified atom stereocenters. The van der Waals surface area contributed by atoms with Gasteiger partial charge in [0, 0.05) is 10.7 Å². The van der Waals surface area contributed by atoms with E-state index in [1.165, 1.54) is 54.6 Å². The van der Waals surface area contributed by atoms with E-state index < -0.39 is 34.6 Å². The molecule has 1 N–H and O–H groups in total. The van der Waals surface area contributed by atoms with Crippen LogP contribution >= 0.6 is 23.2 Å². The van der Waals surface area contributed by atoms with Crippen LogP contribution in [-0.2, 0) is 14.8 Å². The number of amides is 1. The van der Waals surface area contributed by atoms with Gasteiger partial charge >= 0.3 is 6.36 Å². The highest BCUT2D eigenvalue weighted by molar-refractivity contribution is 7.92. The molecule has 3 aromatic carbocycles. The van der Waals surface area contributed by atoms with E-state index in [1.807, 2.05) is 0 Å². The minimum Gasteiger partial charge on any atom is -0.406 e. The fraction of sp³-hybridized carbons (Fsp3) is 0.0952. The molecule has 0 aliphatic rings. The highest BCUT2D eigenvalue weighted by Crippen LogP contribution is 2.32. The number of sulfonamides is 1. The number of nitrogens with one attached hydrogen (secondary N) is 1. The van der Waals surface area contributed by atoms with E-state index in [0.717, 1.165) is 16.4 Å². The maximum absolute atomic E-state index is 13.3. The molecule has 0 aliphatic carbocycles. The topological polar surface area (TPSA) is 75.7 Å². The third-order valence-electron chi connectivity index (χ3n) is 4.17. The van der Waals surface area contributed by atoms with Crippen LogP contribution in [0.2, 0.25) is 10.0 Å². The van der Waals surface area contributed by atoms with Crippen molar-refractivity contribution in [3.8, 4) is 5.75 Å². The van der Waals surface area contributed by atoms with Crippen molar-refractivity contribution in [3.63, 3.8) is 0 Å². The first-order valence-electron chi connectivity index (χ1n) is 9.14. The summed E-state index contributed by atoms with van der Waals surface area (Å²) in [4.78, 5) is 12.6. The Balaban J connectivity index is 1.87. The molecule has 3 rings (SSSR count). The zero-order valence-electron chi connectivity index (χ0n) is 16.5. The number of anilines is 2. The molecule has 0 spiro atoms. The molecule has 1 amide bonds. The van der Waals surface area contributed by atoms with E-state index in [2.05, 4.69) is 10.1 Å². The van der Waals surface area contributed by atoms with Crippen molar-refractivity contribution in [2.45, 2.75) is 11.3 Å². The van der Waals surface area contributed by atoms with Gasteiger partial charge in [-0.15, -0.1) is 13.2 Å². The smallest absolute Gasteiger partial charge is 0.406 e. The molecule has 0 heterocycles. The van der Waals surface area contributed by atoms with Crippen LogP contribution in [0.4, 0.5) is 24.5 Å². The van der Waals surface area contributed by atoms with Gasteiger partial charge in [0.15, 0.2) is 0 Å². The lowest BCUT2D eigenvalue weighted by atomic mass is 10.3. The number of hydrogen-bond acceptors (Lipinski definition) is 4. The molecule has 0 saturated carbocycles. The van der Waals surface area contributed by atoms with Crippen molar-refractivity contribution in [2.75, 3.05) is 16.2 Å². The average Bonchev–Trinajstić information content (AvgIpc) is 2.73. The second-order valence-electron chi connectivity index (χ2n) is 6.54. The standard InChI is InChI=1S/C21H15Cl2F3N2O4S/c22-14-6-11-19(18(23)12-14)28(33(30,31)17-4-2-1-3-5-17)13-20(29)27-15-7-9-16(10-8-15)32-21(24,25)26/h1-12H,13H2,(H,27,29). The summed E-state index contributed by atoms with van der Waals surface area (Å²) < 4.78 is 68.0. The summed E-state index contributed by atoms with van der Waals surface area (Å²) in [5.74, 6) is -1.23. The van der Waals surface area contributed by atoms with Gasteiger partial charge in [-0.3, -0.25) is 9.10 Å². The highest BCUT2D eigenvalue weighted by atomic mass is 35.5. The highest BCUT2D eigenvalue weighted by Gasteiger charge is 2.31. The normalized spacial score (nSPS) is 11.7. The zero-order valence-corrected chi connectivity index (χ0v) is 18.8. The minimum atomic E-state index is -4.85. The van der Waals surface area contributed by atoms with Crippen LogP contribution < -0.4 is 14.4 Å². The van der Waals surface area contributed by atoms with Gasteiger partial charge in [-0.25, -0.2) is 8.42 Å². The lowest BCUT2D eigenvalue weighted by Gasteiger charge is -2.25. The van der Waals surface area contributed by atoms with Gasteiger partial charge in [0.05, 0.1) is 15.6 Å². The molecule has 3 aromatic rings. The van der Waals surface area contributed by atoms with Gasteiger partial charge in [0.25, 0.3) is 10.0 Å². The van der Waals surface area contributed by atoms with E-state index in [9.17, 15) is 26.4 Å². The second-order valence-corrected chi connectivity index (χ2v) is 9.25. The number of alkyl halides is 3. The first kappa shape index (κ1) is 24.7. The maximum Gasteiger partial charge on any atom is 0.573 e. The summed E-state index contributed by atoms with van der Waals surface area (Å²) in [5, 5.41) is 2.71. The third-order valence-corrected chi connectivity index (χ3v) is 6.48. The number of benzene rings is 3. The van der Waals surface area contributed by atoms with Crippen molar-refractivity contribution in [2.24, 2.45) is 0 Å². The van der Waals surface area contributed by atoms with E-state index in [0.29, 0.717) is 0 Å². The minimum absolute atomic E-state index is 0.00320. The van der Waals surface area contributed by atoms with Gasteiger partial charge in [0.1, 0.15) is 12.3 Å². The van der Waals surface area contributed by atoms with Crippen LogP contribution in [0.15, 0.2) is 77.7 Å². The Hall–Kier alpha value is -2.95. The van der Waals surface area contributed by atoms with E-state index in [4.69, 9.17) is 23.2 Å². The zero-order chi connectivity index (χ0) is 24.2. The number of halogens is 5. The van der Waals surface area contributed by atoms with E-state index >= 15 is 0 Å². The Morgan fingerprint density at radius 2 is 1.61 bits per heavy atom. The van der Waals surface area contributed by atoms with Crippen LogP contribution in [0.5, 0.6) is 5.75 Å². The van der Waals surface area contributed by atoms with E-state index in [-0.39, 0.29) is 26.3 Å². The molecule has 174 valence electrons. The summed E-state index contributed by atoms with van der Waals surface area (Å²) in [6, 6.07) is 15.9. The lowest BCUT2D eigenvalue weighted by molar-refractivity contribution is -0.274. The molecule has 0 atom stereocenters. The summed E-state index contributed by atoms with van der Waals surface area (Å²) in [6.45, 7) is -0.667. The predicted octanol–water partition coefficient (Wildman–Crippen LogP) is 5.73. The number of carbonyl (C=O) groups excluding carboxylic acids is 1. The molecule has 0 radical (unpaired) electrons. The van der Waals surface area contributed by atoms with Gasteiger partial charge in [-0.1, -0.05) is 41.4 Å². The van der Waals surface area contributed by atoms with Crippen LogP contribution in [-0.4, -0.2) is 27.2 Å². The Kier molecular flexibility index (Phi) is 7.41. The summed E-state index contributed by atoms with van der Waals surface area (Å²) in [7, 11) is -4.20. The predicted molar refractivity (Wildman–Crippen MR) is 119 cm³/mol. The Bertz CT molecular complexity index is 1240. The molecular formula is C21H15Cl2F3N2O4S. The quantitative estimate of drug-likeness (QED) is 0.433. The van der Waals surface area contributed by atoms with Crippen molar-refractivity contribution in [1.29, 1.82) is 0 Å². The fourth-order valence-corrected chi connectivity index (χ4v) is 4.80. The van der Waals surface area contributed by atoms with Gasteiger partial charge in [-0.05, 0) is 54.6 Å². The van der Waals surface area contributed by atoms with Crippen molar-refractivity contribution in [3.05, 3.63) is 82.8 Å². The van der Waals surface area contributed by atoms with Crippen molar-refractivity contribution < 1.29 is 31.1 Å². The maximum atomic E-state index is 13.3. The van der Waals surface area contributed by atoms with Crippen LogP contribution in [0.3, 0.4) is 0 Å². The summed E-state index contributed by atoms with van der Waals surface area (Å²) >= 11 is 12.1. The number of carbonyl (C=O) groups is 1. The van der Waals surface area contributed by atoms with Crippen LogP contribution in [0, 0.1) is 0 Å². The number of nitrogens with zero attached hydrogens (tertiary/aromatic N) is 1. The first-order valence-corrected chi connectivity index (χ1v) is 11.3. The van der Waals surface area contributed by atoms with Gasteiger partial charge in [-0.2, -0.15) is 0 Å². The SMILES string of the molecule is O=C(CN(c1ccc(Cl)cc1Cl)S(=O)(=O)c1ccccc1)Nc1ccc(OC(F)(F)F)cc1. The van der Waals surface area contributed by atoms with Gasteiger partial charge in [0.2, 0.25) is 5.91 Å². The van der Waals surface area contributed by atoms with Crippen molar-refractivity contribution in [1.82, 2.24) is 0 Å². The molecule has 0 saturated heterocycles. The Morgan fingerprint density at radius 1 is 0.970 bits per heavy atom. The lowest BCUT2D eigenvalue weighted by Crippen LogP contribution is -2.38. The van der Waals surface area contributed by atoms with Crippen LogP contribution in [0.1, 0.15) is 0 Å². The first-order chi connectivity index (χ1) is 15.5. The number of rotatable bonds is 7. The largest absolute Gasteiger partial charge is 0.573 e. The Labute approximate surface area is 197 Å². The molecule has 0 fully saturated rings. The fourth-order valence-electron chi connectivity index (χ4n) is 2.77. The van der Waals surface area contributed by atoms with Crippen LogP contribution in [0.25, 0.3) is 0 Å². The van der Waals surface area contributed by atoms with Gasteiger partial charge < -0.3 is 10.1 Å². The monoisotopic (exact) mass is 518 g/mol. The van der Waals surface area contributed by atoms with E-state index in [1.54, 1.807) is 6.07 Å². The molecule has 12 heteroatoms. The third kappa shape index (κ3) is 6.53. The molecular weight excluding hydrogens is 504 g/mol. The summed E-state index contributed by atoms with van der Waals surface area (Å²) in [6.07, 6.45) is -4.85. The molecule has 6 nitrogen and oxygen atoms in total. The Morgan fingerprint density at radius 3 is 2.18 bits per heavy atom. The number of ether oxygens (including phenoxy) is 1. The molecule has 0 aliphatic heterocycles. The summed E-state index contributed by atoms with van der Waals surface area (Å²) in [5.41, 5.74) is 0.155. The van der Waals surface area contributed by atoms with Crippen molar-refractivity contribution >= 4 is 50.5 Å². The number of hydrogen-bond donors (Lipinski definition) is 1. The molecule has 0 aromatic heterocycles.